The molecule has 5 aliphatic carbocycles. The van der Waals surface area contributed by atoms with Crippen LogP contribution < -0.4 is 0 Å². The van der Waals surface area contributed by atoms with Gasteiger partial charge in [-0.2, -0.15) is 0 Å². The molecule has 7 atom stereocenters. The summed E-state index contributed by atoms with van der Waals surface area (Å²) in [5, 5.41) is 0. The van der Waals surface area contributed by atoms with Gasteiger partial charge in [-0.1, -0.05) is 52.7 Å². The molecule has 0 heterocycles. The zero-order chi connectivity index (χ0) is 21.4. The number of allylic oxidation sites excluding steroid dienone is 3. The maximum atomic E-state index is 11.6. The number of hydrogen-bond donors (Lipinski definition) is 0. The highest BCUT2D eigenvalue weighted by Gasteiger charge is 2.65. The van der Waals surface area contributed by atoms with Crippen LogP contribution in [0, 0.1) is 39.4 Å². The molecule has 0 N–H and O–H groups in total. The first kappa shape index (κ1) is 20.8. The quantitative estimate of drug-likeness (QED) is 0.448. The third-order valence-corrected chi connectivity index (χ3v) is 11.3. The highest BCUT2D eigenvalue weighted by Crippen LogP contribution is 2.73. The number of carbonyl (C=O) groups is 1. The van der Waals surface area contributed by atoms with Crippen LogP contribution in [0.2, 0.25) is 0 Å². The summed E-state index contributed by atoms with van der Waals surface area (Å²) >= 11 is 0. The molecular formula is C28H42O2. The van der Waals surface area contributed by atoms with Crippen molar-refractivity contribution in [2.75, 3.05) is 6.61 Å². The van der Waals surface area contributed by atoms with Crippen molar-refractivity contribution in [3.63, 3.8) is 0 Å². The topological polar surface area (TPSA) is 26.3 Å². The predicted molar refractivity (Wildman–Crippen MR) is 122 cm³/mol. The van der Waals surface area contributed by atoms with Crippen LogP contribution in [0.25, 0.3) is 0 Å². The molecule has 0 aromatic carbocycles. The van der Waals surface area contributed by atoms with E-state index < -0.39 is 0 Å². The fraction of sp³-hybridized carbons (Fsp3) is 0.821. The third-order valence-electron chi connectivity index (χ3n) is 11.3. The smallest absolute Gasteiger partial charge is 0.302 e. The Morgan fingerprint density at radius 3 is 2.60 bits per heavy atom. The summed E-state index contributed by atoms with van der Waals surface area (Å²) in [5.41, 5.74) is 4.44. The van der Waals surface area contributed by atoms with Crippen LogP contribution in [0.4, 0.5) is 0 Å². The minimum atomic E-state index is -0.133. The van der Waals surface area contributed by atoms with Crippen LogP contribution in [0.1, 0.15) is 98.8 Å². The highest BCUT2D eigenvalue weighted by atomic mass is 16.5. The van der Waals surface area contributed by atoms with E-state index in [9.17, 15) is 4.79 Å². The number of rotatable bonds is 2. The Labute approximate surface area is 183 Å². The van der Waals surface area contributed by atoms with Crippen LogP contribution in [-0.4, -0.2) is 12.6 Å². The average Bonchev–Trinajstić information content (AvgIpc) is 3.11. The largest absolute Gasteiger partial charge is 0.465 e. The van der Waals surface area contributed by atoms with Crippen LogP contribution in [0.3, 0.4) is 0 Å². The predicted octanol–water partition coefficient (Wildman–Crippen LogP) is 7.25. The van der Waals surface area contributed by atoms with Gasteiger partial charge >= 0.3 is 5.97 Å². The maximum absolute atomic E-state index is 11.6. The van der Waals surface area contributed by atoms with Crippen LogP contribution in [-0.2, 0) is 9.53 Å². The first-order valence-corrected chi connectivity index (χ1v) is 12.7. The lowest BCUT2D eigenvalue weighted by Crippen LogP contribution is -2.60. The van der Waals surface area contributed by atoms with Crippen molar-refractivity contribution in [2.24, 2.45) is 39.4 Å². The van der Waals surface area contributed by atoms with Crippen molar-refractivity contribution in [3.8, 4) is 0 Å². The van der Waals surface area contributed by atoms with E-state index in [1.165, 1.54) is 51.4 Å². The van der Waals surface area contributed by atoms with Gasteiger partial charge in [-0.15, -0.1) is 0 Å². The lowest BCUT2D eigenvalue weighted by Gasteiger charge is -2.68. The maximum Gasteiger partial charge on any atom is 0.302 e. The van der Waals surface area contributed by atoms with Crippen molar-refractivity contribution in [3.05, 3.63) is 23.3 Å². The van der Waals surface area contributed by atoms with Crippen LogP contribution in [0.5, 0.6) is 0 Å². The van der Waals surface area contributed by atoms with Crippen LogP contribution in [0.15, 0.2) is 23.3 Å². The number of hydrogen-bond acceptors (Lipinski definition) is 2. The number of carbonyl (C=O) groups excluding carboxylic acids is 1. The van der Waals surface area contributed by atoms with Gasteiger partial charge in [0.25, 0.3) is 0 Å². The molecular weight excluding hydrogens is 368 g/mol. The van der Waals surface area contributed by atoms with Crippen molar-refractivity contribution in [1.82, 2.24) is 0 Å². The Morgan fingerprint density at radius 2 is 1.83 bits per heavy atom. The average molecular weight is 411 g/mol. The minimum absolute atomic E-state index is 0.0840. The van der Waals surface area contributed by atoms with Crippen molar-refractivity contribution in [2.45, 2.75) is 98.8 Å². The SMILES string of the molecule is CC(=O)OCC12CCC=C1C1=CCC3C4(C)CCC[C@@H](C)C4CCC3(C)[C@]1(C)CC2. The van der Waals surface area contributed by atoms with Crippen molar-refractivity contribution >= 4 is 5.97 Å². The molecule has 0 aromatic heterocycles. The summed E-state index contributed by atoms with van der Waals surface area (Å²) in [5.74, 6) is 2.49. The highest BCUT2D eigenvalue weighted by molar-refractivity contribution is 5.66. The Bertz CT molecular complexity index is 807. The minimum Gasteiger partial charge on any atom is -0.465 e. The second-order valence-electron chi connectivity index (χ2n) is 12.4. The number of esters is 1. The molecule has 5 unspecified atom stereocenters. The van der Waals surface area contributed by atoms with Gasteiger partial charge in [-0.05, 0) is 96.5 Å². The van der Waals surface area contributed by atoms with Gasteiger partial charge in [0, 0.05) is 12.3 Å². The third kappa shape index (κ3) is 2.58. The number of fused-ring (bicyclic) bond motifs is 7. The second-order valence-corrected chi connectivity index (χ2v) is 12.4. The van der Waals surface area contributed by atoms with E-state index in [0.29, 0.717) is 17.4 Å². The molecule has 5 aliphatic rings. The van der Waals surface area contributed by atoms with E-state index in [4.69, 9.17) is 4.74 Å². The molecule has 3 saturated carbocycles. The van der Waals surface area contributed by atoms with Crippen LogP contribution >= 0.6 is 0 Å². The first-order chi connectivity index (χ1) is 14.2. The molecule has 5 rings (SSSR count). The van der Waals surface area contributed by atoms with Crippen molar-refractivity contribution < 1.29 is 9.53 Å². The Balaban J connectivity index is 1.54. The normalized spacial score (nSPS) is 49.7. The molecule has 0 saturated heterocycles. The van der Waals surface area contributed by atoms with E-state index in [1.54, 1.807) is 18.1 Å². The molecule has 30 heavy (non-hydrogen) atoms. The van der Waals surface area contributed by atoms with Gasteiger partial charge < -0.3 is 4.74 Å². The Kier molecular flexibility index (Phi) is 4.67. The fourth-order valence-corrected chi connectivity index (χ4v) is 9.48. The fourth-order valence-electron chi connectivity index (χ4n) is 9.48. The summed E-state index contributed by atoms with van der Waals surface area (Å²) in [4.78, 5) is 11.6. The zero-order valence-corrected chi connectivity index (χ0v) is 20.0. The van der Waals surface area contributed by atoms with E-state index in [2.05, 4.69) is 39.8 Å². The molecule has 3 fully saturated rings. The molecule has 2 nitrogen and oxygen atoms in total. The molecule has 0 aliphatic heterocycles. The van der Waals surface area contributed by atoms with E-state index in [1.807, 2.05) is 0 Å². The van der Waals surface area contributed by atoms with E-state index >= 15 is 0 Å². The standard InChI is InChI=1S/C28H42O2/c1-19-8-6-13-25(3)21(19)12-15-27(5)24(25)11-10-22-23-9-7-14-28(23,18-30-20(2)29)17-16-26(22,27)4/h9-10,19,21,24H,6-8,11-18H2,1-5H3/t19-,21?,24?,25?,26-,27?,28?/m1/s1. The molecule has 166 valence electrons. The van der Waals surface area contributed by atoms with Gasteiger partial charge in [0.15, 0.2) is 0 Å². The lowest BCUT2D eigenvalue weighted by molar-refractivity contribution is -0.155. The second kappa shape index (κ2) is 6.72. The summed E-state index contributed by atoms with van der Waals surface area (Å²) in [7, 11) is 0. The molecule has 2 heteroatoms. The van der Waals surface area contributed by atoms with Gasteiger partial charge in [0.05, 0.1) is 0 Å². The molecule has 0 aromatic rings. The van der Waals surface area contributed by atoms with Gasteiger partial charge in [0.1, 0.15) is 6.61 Å². The summed E-state index contributed by atoms with van der Waals surface area (Å²) < 4.78 is 5.62. The molecule has 0 spiro atoms. The van der Waals surface area contributed by atoms with E-state index in [-0.39, 0.29) is 16.8 Å². The zero-order valence-electron chi connectivity index (χ0n) is 20.0. The summed E-state index contributed by atoms with van der Waals surface area (Å²) in [6, 6.07) is 0. The van der Waals surface area contributed by atoms with Crippen molar-refractivity contribution in [1.29, 1.82) is 0 Å². The Hall–Kier alpha value is -1.05. The first-order valence-electron chi connectivity index (χ1n) is 12.7. The Morgan fingerprint density at radius 1 is 1.03 bits per heavy atom. The van der Waals surface area contributed by atoms with Gasteiger partial charge in [-0.25, -0.2) is 0 Å². The van der Waals surface area contributed by atoms with Gasteiger partial charge in [-0.3, -0.25) is 4.79 Å². The molecule has 0 amide bonds. The molecule has 0 radical (unpaired) electrons. The summed E-state index contributed by atoms with van der Waals surface area (Å²) in [6.45, 7) is 12.6. The number of ether oxygens (including phenoxy) is 1. The monoisotopic (exact) mass is 410 g/mol. The molecule has 0 bridgehead atoms. The van der Waals surface area contributed by atoms with Gasteiger partial charge in [0.2, 0.25) is 0 Å². The summed E-state index contributed by atoms with van der Waals surface area (Å²) in [6.07, 6.45) is 18.2. The lowest BCUT2D eigenvalue weighted by atomic mass is 9.36. The van der Waals surface area contributed by atoms with E-state index in [0.717, 1.165) is 30.6 Å².